The standard InChI is InChI=1S/C10H11BrFNO5S/c1-18-8(10(14)15)5-13-19(16,17)9-3-2-6(12)4-7(9)11/h2-4,8,13H,5H2,1H3,(H,14,15). The van der Waals surface area contributed by atoms with Crippen LogP contribution in [-0.4, -0.2) is 39.3 Å². The van der Waals surface area contributed by atoms with Crippen molar-refractivity contribution in [1.29, 1.82) is 0 Å². The topological polar surface area (TPSA) is 92.7 Å². The van der Waals surface area contributed by atoms with Gasteiger partial charge in [0.2, 0.25) is 10.0 Å². The van der Waals surface area contributed by atoms with Gasteiger partial charge < -0.3 is 9.84 Å². The second kappa shape index (κ2) is 6.42. The van der Waals surface area contributed by atoms with Gasteiger partial charge in [0, 0.05) is 18.1 Å². The number of carboxylic acid groups (broad SMARTS) is 1. The SMILES string of the molecule is COC(CNS(=O)(=O)c1ccc(F)cc1Br)C(=O)O. The van der Waals surface area contributed by atoms with Crippen LogP contribution in [0.5, 0.6) is 0 Å². The van der Waals surface area contributed by atoms with Crippen LogP contribution in [0.4, 0.5) is 4.39 Å². The Balaban J connectivity index is 2.90. The molecule has 6 nitrogen and oxygen atoms in total. The minimum absolute atomic E-state index is 0.0456. The highest BCUT2D eigenvalue weighted by Gasteiger charge is 2.22. The van der Waals surface area contributed by atoms with E-state index < -0.39 is 34.5 Å². The number of ether oxygens (including phenoxy) is 1. The van der Waals surface area contributed by atoms with E-state index in [1.165, 1.54) is 0 Å². The number of halogens is 2. The molecule has 0 heterocycles. The normalized spacial score (nSPS) is 13.2. The van der Waals surface area contributed by atoms with Crippen molar-refractivity contribution in [3.63, 3.8) is 0 Å². The second-order valence-electron chi connectivity index (χ2n) is 3.49. The molecule has 0 spiro atoms. The maximum Gasteiger partial charge on any atom is 0.334 e. The van der Waals surface area contributed by atoms with Crippen LogP contribution in [0.3, 0.4) is 0 Å². The first kappa shape index (κ1) is 16.0. The second-order valence-corrected chi connectivity index (χ2v) is 6.08. The van der Waals surface area contributed by atoms with E-state index in [0.717, 1.165) is 25.3 Å². The lowest BCUT2D eigenvalue weighted by Gasteiger charge is -2.12. The Morgan fingerprint density at radius 1 is 1.58 bits per heavy atom. The molecule has 1 unspecified atom stereocenters. The average molecular weight is 356 g/mol. The van der Waals surface area contributed by atoms with Gasteiger partial charge >= 0.3 is 5.97 Å². The van der Waals surface area contributed by atoms with Crippen LogP contribution >= 0.6 is 15.9 Å². The number of aliphatic carboxylic acids is 1. The predicted molar refractivity (Wildman–Crippen MR) is 67.7 cm³/mol. The van der Waals surface area contributed by atoms with Crippen LogP contribution in [-0.2, 0) is 19.6 Å². The van der Waals surface area contributed by atoms with Gasteiger partial charge in [0.15, 0.2) is 6.10 Å². The van der Waals surface area contributed by atoms with E-state index in [2.05, 4.69) is 25.4 Å². The molecule has 9 heteroatoms. The van der Waals surface area contributed by atoms with Crippen molar-refractivity contribution < 1.29 is 27.4 Å². The van der Waals surface area contributed by atoms with Crippen LogP contribution in [0.1, 0.15) is 0 Å². The average Bonchev–Trinajstić information content (AvgIpc) is 2.28. The smallest absolute Gasteiger partial charge is 0.334 e. The van der Waals surface area contributed by atoms with Crippen molar-refractivity contribution in [3.05, 3.63) is 28.5 Å². The molecule has 0 aliphatic carbocycles. The zero-order valence-electron chi connectivity index (χ0n) is 9.76. The fourth-order valence-corrected chi connectivity index (χ4v) is 3.31. The number of benzene rings is 1. The van der Waals surface area contributed by atoms with E-state index in [1.54, 1.807) is 0 Å². The highest BCUT2D eigenvalue weighted by molar-refractivity contribution is 9.10. The Morgan fingerprint density at radius 3 is 2.68 bits per heavy atom. The van der Waals surface area contributed by atoms with Crippen molar-refractivity contribution >= 4 is 31.9 Å². The molecule has 0 aromatic heterocycles. The third-order valence-electron chi connectivity index (χ3n) is 2.20. The molecule has 2 N–H and O–H groups in total. The Hall–Kier alpha value is -1.03. The van der Waals surface area contributed by atoms with Crippen molar-refractivity contribution in [2.24, 2.45) is 0 Å². The van der Waals surface area contributed by atoms with Gasteiger partial charge in [-0.15, -0.1) is 0 Å². The predicted octanol–water partition coefficient (Wildman–Crippen LogP) is 0.966. The summed E-state index contributed by atoms with van der Waals surface area (Å²) >= 11 is 2.93. The summed E-state index contributed by atoms with van der Waals surface area (Å²) in [4.78, 5) is 10.5. The van der Waals surface area contributed by atoms with Gasteiger partial charge in [-0.25, -0.2) is 22.3 Å². The summed E-state index contributed by atoms with van der Waals surface area (Å²) in [6.07, 6.45) is -1.30. The fourth-order valence-electron chi connectivity index (χ4n) is 1.23. The van der Waals surface area contributed by atoms with E-state index in [0.29, 0.717) is 0 Å². The summed E-state index contributed by atoms with van der Waals surface area (Å²) in [7, 11) is -2.80. The number of rotatable bonds is 6. The minimum atomic E-state index is -3.95. The first-order valence-corrected chi connectivity index (χ1v) is 7.26. The van der Waals surface area contributed by atoms with Crippen molar-refractivity contribution in [2.75, 3.05) is 13.7 Å². The Labute approximate surface area is 117 Å². The van der Waals surface area contributed by atoms with E-state index in [4.69, 9.17) is 5.11 Å². The number of sulfonamides is 1. The molecule has 0 amide bonds. The molecule has 0 aliphatic heterocycles. The molecule has 0 saturated carbocycles. The van der Waals surface area contributed by atoms with Crippen LogP contribution < -0.4 is 4.72 Å². The van der Waals surface area contributed by atoms with Crippen molar-refractivity contribution in [2.45, 2.75) is 11.0 Å². The molecule has 1 atom stereocenters. The Kier molecular flexibility index (Phi) is 5.41. The monoisotopic (exact) mass is 355 g/mol. The molecule has 106 valence electrons. The molecule has 1 rings (SSSR count). The van der Waals surface area contributed by atoms with Crippen LogP contribution in [0.25, 0.3) is 0 Å². The fraction of sp³-hybridized carbons (Fsp3) is 0.300. The number of carboxylic acids is 1. The van der Waals surface area contributed by atoms with E-state index in [9.17, 15) is 17.6 Å². The summed E-state index contributed by atoms with van der Waals surface area (Å²) in [6.45, 7) is -0.433. The zero-order chi connectivity index (χ0) is 14.6. The highest BCUT2D eigenvalue weighted by atomic mass is 79.9. The molecular weight excluding hydrogens is 345 g/mol. The van der Waals surface area contributed by atoms with Crippen molar-refractivity contribution in [1.82, 2.24) is 4.72 Å². The van der Waals surface area contributed by atoms with Crippen LogP contribution in [0.2, 0.25) is 0 Å². The first-order valence-electron chi connectivity index (χ1n) is 4.98. The van der Waals surface area contributed by atoms with Gasteiger partial charge in [-0.3, -0.25) is 0 Å². The summed E-state index contributed by atoms with van der Waals surface area (Å²) < 4.78 is 43.4. The first-order chi connectivity index (χ1) is 8.77. The molecule has 0 radical (unpaired) electrons. The van der Waals surface area contributed by atoms with Crippen LogP contribution in [0, 0.1) is 5.82 Å². The number of nitrogens with one attached hydrogen (secondary N) is 1. The quantitative estimate of drug-likeness (QED) is 0.792. The highest BCUT2D eigenvalue weighted by Crippen LogP contribution is 2.22. The van der Waals surface area contributed by atoms with Gasteiger partial charge in [0.1, 0.15) is 5.82 Å². The zero-order valence-corrected chi connectivity index (χ0v) is 12.2. The summed E-state index contributed by atoms with van der Waals surface area (Å²) in [6, 6.07) is 3.06. The number of hydrogen-bond donors (Lipinski definition) is 2. The number of hydrogen-bond acceptors (Lipinski definition) is 4. The molecule has 19 heavy (non-hydrogen) atoms. The van der Waals surface area contributed by atoms with Gasteiger partial charge in [0.05, 0.1) is 4.90 Å². The molecule has 0 saturated heterocycles. The van der Waals surface area contributed by atoms with Gasteiger partial charge in [0.25, 0.3) is 0 Å². The van der Waals surface area contributed by atoms with Crippen molar-refractivity contribution in [3.8, 4) is 0 Å². The van der Waals surface area contributed by atoms with Gasteiger partial charge in [-0.1, -0.05) is 0 Å². The number of methoxy groups -OCH3 is 1. The third kappa shape index (κ3) is 4.23. The summed E-state index contributed by atoms with van der Waals surface area (Å²) in [5.74, 6) is -1.88. The van der Waals surface area contributed by atoms with Gasteiger partial charge in [-0.2, -0.15) is 0 Å². The van der Waals surface area contributed by atoms with E-state index in [1.807, 2.05) is 0 Å². The molecule has 1 aromatic carbocycles. The maximum atomic E-state index is 12.9. The molecule has 0 aliphatic rings. The number of carbonyl (C=O) groups is 1. The minimum Gasteiger partial charge on any atom is -0.479 e. The van der Waals surface area contributed by atoms with E-state index in [-0.39, 0.29) is 9.37 Å². The summed E-state index contributed by atoms with van der Waals surface area (Å²) in [5, 5.41) is 8.71. The largest absolute Gasteiger partial charge is 0.479 e. The lowest BCUT2D eigenvalue weighted by Crippen LogP contribution is -2.37. The molecule has 0 fully saturated rings. The Bertz CT molecular complexity index is 577. The third-order valence-corrected chi connectivity index (χ3v) is 4.60. The molecular formula is C10H11BrFNO5S. The lowest BCUT2D eigenvalue weighted by atomic mass is 10.3. The van der Waals surface area contributed by atoms with Gasteiger partial charge in [-0.05, 0) is 34.1 Å². The van der Waals surface area contributed by atoms with E-state index >= 15 is 0 Å². The maximum absolute atomic E-state index is 12.9. The molecule has 1 aromatic rings. The van der Waals surface area contributed by atoms with Crippen LogP contribution in [0.15, 0.2) is 27.6 Å². The Morgan fingerprint density at radius 2 is 2.21 bits per heavy atom. The summed E-state index contributed by atoms with van der Waals surface area (Å²) in [5.41, 5.74) is 0. The molecule has 0 bridgehead atoms. The lowest BCUT2D eigenvalue weighted by molar-refractivity contribution is -0.147.